The predicted molar refractivity (Wildman–Crippen MR) is 79.9 cm³/mol. The van der Waals surface area contributed by atoms with Crippen LogP contribution >= 0.6 is 0 Å². The van der Waals surface area contributed by atoms with Gasteiger partial charge in [0.1, 0.15) is 5.75 Å². The smallest absolute Gasteiger partial charge is 0.141 e. The molecule has 3 heteroatoms. The second kappa shape index (κ2) is 5.02. The summed E-state index contributed by atoms with van der Waals surface area (Å²) < 4.78 is 1.94. The molecule has 0 aliphatic heterocycles. The Kier molecular flexibility index (Phi) is 3.20. The standard InChI is InChI=1S/C17H17NO2/c1-12(19)17(13-7-3-2-4-8-13)18-11-16(20)14-9-5-6-10-15(14)18/h2-12,17,19-20H,1H3. The summed E-state index contributed by atoms with van der Waals surface area (Å²) in [6.07, 6.45) is 1.13. The van der Waals surface area contributed by atoms with E-state index in [4.69, 9.17) is 0 Å². The molecule has 0 bridgehead atoms. The van der Waals surface area contributed by atoms with Crippen molar-refractivity contribution in [3.8, 4) is 5.75 Å². The number of aliphatic hydroxyl groups is 1. The quantitative estimate of drug-likeness (QED) is 0.764. The number of aromatic hydroxyl groups is 1. The highest BCUT2D eigenvalue weighted by molar-refractivity contribution is 5.86. The zero-order valence-electron chi connectivity index (χ0n) is 11.3. The summed E-state index contributed by atoms with van der Waals surface area (Å²) in [5.41, 5.74) is 1.93. The van der Waals surface area contributed by atoms with Crippen LogP contribution in [0.15, 0.2) is 60.8 Å². The molecule has 0 spiro atoms. The third-order valence-corrected chi connectivity index (χ3v) is 3.62. The van der Waals surface area contributed by atoms with Gasteiger partial charge in [-0.2, -0.15) is 0 Å². The Morgan fingerprint density at radius 3 is 2.30 bits per heavy atom. The van der Waals surface area contributed by atoms with Crippen LogP contribution in [0, 0.1) is 0 Å². The average molecular weight is 267 g/mol. The van der Waals surface area contributed by atoms with Gasteiger partial charge in [0, 0.05) is 11.6 Å². The van der Waals surface area contributed by atoms with Crippen molar-refractivity contribution in [1.82, 2.24) is 4.57 Å². The first-order chi connectivity index (χ1) is 9.68. The van der Waals surface area contributed by atoms with Crippen molar-refractivity contribution < 1.29 is 10.2 Å². The maximum Gasteiger partial charge on any atom is 0.141 e. The summed E-state index contributed by atoms with van der Waals surface area (Å²) in [5, 5.41) is 21.1. The molecule has 0 radical (unpaired) electrons. The number of para-hydroxylation sites is 1. The fraction of sp³-hybridized carbons (Fsp3) is 0.176. The molecule has 20 heavy (non-hydrogen) atoms. The van der Waals surface area contributed by atoms with Gasteiger partial charge in [-0.3, -0.25) is 0 Å². The first-order valence-electron chi connectivity index (χ1n) is 6.70. The monoisotopic (exact) mass is 267 g/mol. The normalized spacial score (nSPS) is 14.3. The van der Waals surface area contributed by atoms with Gasteiger partial charge < -0.3 is 14.8 Å². The van der Waals surface area contributed by atoms with Crippen LogP contribution in [0.3, 0.4) is 0 Å². The Hall–Kier alpha value is -2.26. The highest BCUT2D eigenvalue weighted by Crippen LogP contribution is 2.33. The molecule has 2 atom stereocenters. The fourth-order valence-electron chi connectivity index (χ4n) is 2.74. The minimum Gasteiger partial charge on any atom is -0.506 e. The molecule has 1 aromatic heterocycles. The number of fused-ring (bicyclic) bond motifs is 1. The van der Waals surface area contributed by atoms with Crippen LogP contribution in [-0.2, 0) is 0 Å². The molecule has 0 aliphatic rings. The fourth-order valence-corrected chi connectivity index (χ4v) is 2.74. The van der Waals surface area contributed by atoms with E-state index >= 15 is 0 Å². The molecule has 1 heterocycles. The van der Waals surface area contributed by atoms with Crippen LogP contribution in [0.1, 0.15) is 18.5 Å². The molecule has 0 aliphatic carbocycles. The van der Waals surface area contributed by atoms with E-state index in [0.717, 1.165) is 16.5 Å². The van der Waals surface area contributed by atoms with Crippen LogP contribution < -0.4 is 0 Å². The molecule has 3 nitrogen and oxygen atoms in total. The van der Waals surface area contributed by atoms with Crippen molar-refractivity contribution in [2.45, 2.75) is 19.1 Å². The zero-order chi connectivity index (χ0) is 14.1. The molecule has 102 valence electrons. The summed E-state index contributed by atoms with van der Waals surface area (Å²) >= 11 is 0. The lowest BCUT2D eigenvalue weighted by molar-refractivity contribution is 0.150. The van der Waals surface area contributed by atoms with E-state index < -0.39 is 6.10 Å². The molecule has 0 saturated heterocycles. The van der Waals surface area contributed by atoms with Gasteiger partial charge in [-0.1, -0.05) is 42.5 Å². The lowest BCUT2D eigenvalue weighted by Crippen LogP contribution is -2.21. The van der Waals surface area contributed by atoms with Gasteiger partial charge in [0.25, 0.3) is 0 Å². The third kappa shape index (κ3) is 2.06. The summed E-state index contributed by atoms with van der Waals surface area (Å²) in [5.74, 6) is 0.238. The molecule has 3 aromatic rings. The Labute approximate surface area is 117 Å². The third-order valence-electron chi connectivity index (χ3n) is 3.62. The minimum atomic E-state index is -0.562. The molecule has 2 N–H and O–H groups in total. The van der Waals surface area contributed by atoms with E-state index in [1.165, 1.54) is 0 Å². The predicted octanol–water partition coefficient (Wildman–Crippen LogP) is 3.32. The Bertz CT molecular complexity index is 716. The SMILES string of the molecule is CC(O)C(c1ccccc1)n1cc(O)c2ccccc21. The molecule has 0 fully saturated rings. The van der Waals surface area contributed by atoms with Gasteiger partial charge in [-0.15, -0.1) is 0 Å². The number of hydrogen-bond donors (Lipinski definition) is 2. The van der Waals surface area contributed by atoms with Crippen LogP contribution in [0.25, 0.3) is 10.9 Å². The molecule has 3 rings (SSSR count). The van der Waals surface area contributed by atoms with Gasteiger partial charge in [0.2, 0.25) is 0 Å². The lowest BCUT2D eigenvalue weighted by Gasteiger charge is -2.23. The van der Waals surface area contributed by atoms with Crippen molar-refractivity contribution in [1.29, 1.82) is 0 Å². The van der Waals surface area contributed by atoms with Gasteiger partial charge in [-0.25, -0.2) is 0 Å². The lowest BCUT2D eigenvalue weighted by atomic mass is 10.0. The second-order valence-corrected chi connectivity index (χ2v) is 5.03. The van der Waals surface area contributed by atoms with Gasteiger partial charge in [-0.05, 0) is 24.6 Å². The van der Waals surface area contributed by atoms with Crippen LogP contribution in [0.2, 0.25) is 0 Å². The Morgan fingerprint density at radius 2 is 1.60 bits per heavy atom. The molecule has 2 aromatic carbocycles. The first kappa shape index (κ1) is 12.8. The van der Waals surface area contributed by atoms with Crippen LogP contribution in [0.4, 0.5) is 0 Å². The second-order valence-electron chi connectivity index (χ2n) is 5.03. The molecule has 0 amide bonds. The zero-order valence-corrected chi connectivity index (χ0v) is 11.3. The number of aromatic nitrogens is 1. The van der Waals surface area contributed by atoms with Crippen molar-refractivity contribution in [3.05, 3.63) is 66.4 Å². The van der Waals surface area contributed by atoms with Crippen molar-refractivity contribution in [2.24, 2.45) is 0 Å². The largest absolute Gasteiger partial charge is 0.506 e. The maximum absolute atomic E-state index is 10.2. The number of benzene rings is 2. The van der Waals surface area contributed by atoms with E-state index in [2.05, 4.69) is 0 Å². The molecule has 2 unspecified atom stereocenters. The Balaban J connectivity index is 2.21. The van der Waals surface area contributed by atoms with Crippen molar-refractivity contribution in [3.63, 3.8) is 0 Å². The van der Waals surface area contributed by atoms with E-state index in [1.54, 1.807) is 13.1 Å². The Morgan fingerprint density at radius 1 is 0.950 bits per heavy atom. The highest BCUT2D eigenvalue weighted by Gasteiger charge is 2.22. The van der Waals surface area contributed by atoms with E-state index in [-0.39, 0.29) is 11.8 Å². The van der Waals surface area contributed by atoms with Crippen molar-refractivity contribution >= 4 is 10.9 Å². The van der Waals surface area contributed by atoms with Crippen LogP contribution in [0.5, 0.6) is 5.75 Å². The van der Waals surface area contributed by atoms with Gasteiger partial charge in [0.15, 0.2) is 0 Å². The van der Waals surface area contributed by atoms with Gasteiger partial charge in [0.05, 0.1) is 17.7 Å². The van der Waals surface area contributed by atoms with Crippen molar-refractivity contribution in [2.75, 3.05) is 0 Å². The number of nitrogens with zero attached hydrogens (tertiary/aromatic N) is 1. The molecular weight excluding hydrogens is 250 g/mol. The van der Waals surface area contributed by atoms with E-state index in [9.17, 15) is 10.2 Å². The summed E-state index contributed by atoms with van der Waals surface area (Å²) in [7, 11) is 0. The number of rotatable bonds is 3. The minimum absolute atomic E-state index is 0.220. The highest BCUT2D eigenvalue weighted by atomic mass is 16.3. The first-order valence-corrected chi connectivity index (χ1v) is 6.70. The number of aliphatic hydroxyl groups excluding tert-OH is 1. The van der Waals surface area contributed by atoms with Gasteiger partial charge >= 0.3 is 0 Å². The van der Waals surface area contributed by atoms with E-state index in [0.29, 0.717) is 0 Å². The maximum atomic E-state index is 10.2. The summed E-state index contributed by atoms with van der Waals surface area (Å²) in [6, 6.07) is 17.3. The molecule has 0 saturated carbocycles. The van der Waals surface area contributed by atoms with Crippen LogP contribution in [-0.4, -0.2) is 20.9 Å². The summed E-state index contributed by atoms with van der Waals surface area (Å²) in [4.78, 5) is 0. The molecular formula is C17H17NO2. The average Bonchev–Trinajstić information content (AvgIpc) is 2.78. The van der Waals surface area contributed by atoms with E-state index in [1.807, 2.05) is 59.2 Å². The summed E-state index contributed by atoms with van der Waals surface area (Å²) in [6.45, 7) is 1.77. The number of hydrogen-bond acceptors (Lipinski definition) is 2. The topological polar surface area (TPSA) is 45.4 Å².